The smallest absolute Gasteiger partial charge is 0.0294 e. The maximum atomic E-state index is 4.14. The van der Waals surface area contributed by atoms with Crippen molar-refractivity contribution in [2.24, 2.45) is 0 Å². The number of benzene rings is 2. The van der Waals surface area contributed by atoms with Gasteiger partial charge in [0.15, 0.2) is 0 Å². The van der Waals surface area contributed by atoms with Gasteiger partial charge < -0.3 is 5.32 Å². The minimum absolute atomic E-state index is 0.334. The van der Waals surface area contributed by atoms with Gasteiger partial charge in [-0.1, -0.05) is 66.7 Å². The lowest BCUT2D eigenvalue weighted by Crippen LogP contribution is -2.20. The Morgan fingerprint density at radius 1 is 1.05 bits per heavy atom. The van der Waals surface area contributed by atoms with Gasteiger partial charge in [0, 0.05) is 12.6 Å². The summed E-state index contributed by atoms with van der Waals surface area (Å²) in [6.07, 6.45) is 0. The first-order valence-electron chi connectivity index (χ1n) is 6.70. The molecule has 0 heterocycles. The second-order valence-corrected chi connectivity index (χ2v) is 4.98. The van der Waals surface area contributed by atoms with Crippen LogP contribution in [0, 0.1) is 6.92 Å². The van der Waals surface area contributed by atoms with Crippen LogP contribution in [-0.2, 0) is 0 Å². The molecule has 0 aliphatic heterocycles. The molecule has 0 fully saturated rings. The van der Waals surface area contributed by atoms with E-state index < -0.39 is 0 Å². The lowest BCUT2D eigenvalue weighted by Gasteiger charge is -2.16. The Morgan fingerprint density at radius 3 is 2.32 bits per heavy atom. The maximum absolute atomic E-state index is 4.14. The molecule has 2 rings (SSSR count). The van der Waals surface area contributed by atoms with Gasteiger partial charge in [-0.05, 0) is 30.5 Å². The third-order valence-corrected chi connectivity index (χ3v) is 3.38. The summed E-state index contributed by atoms with van der Waals surface area (Å²) >= 11 is 0. The molecule has 0 amide bonds. The quantitative estimate of drug-likeness (QED) is 0.832. The molecule has 1 nitrogen and oxygen atoms in total. The molecule has 0 radical (unpaired) electrons. The topological polar surface area (TPSA) is 12.0 Å². The lowest BCUT2D eigenvalue weighted by atomic mass is 10.0. The van der Waals surface area contributed by atoms with Gasteiger partial charge in [0.2, 0.25) is 0 Å². The summed E-state index contributed by atoms with van der Waals surface area (Å²) in [5.41, 5.74) is 4.93. The Kier molecular flexibility index (Phi) is 4.53. The first-order valence-corrected chi connectivity index (χ1v) is 6.70. The molecule has 0 aliphatic carbocycles. The number of hydrogen-bond donors (Lipinski definition) is 1. The summed E-state index contributed by atoms with van der Waals surface area (Å²) in [4.78, 5) is 0. The van der Waals surface area contributed by atoms with Crippen LogP contribution in [0.5, 0.6) is 0 Å². The van der Waals surface area contributed by atoms with Crippen molar-refractivity contribution >= 4 is 5.57 Å². The van der Waals surface area contributed by atoms with E-state index >= 15 is 0 Å². The normalized spacial score (nSPS) is 12.1. The van der Waals surface area contributed by atoms with Crippen molar-refractivity contribution in [3.05, 3.63) is 77.9 Å². The number of rotatable bonds is 5. The van der Waals surface area contributed by atoms with Gasteiger partial charge in [-0.15, -0.1) is 0 Å². The summed E-state index contributed by atoms with van der Waals surface area (Å²) in [5, 5.41) is 3.52. The van der Waals surface area contributed by atoms with E-state index in [1.54, 1.807) is 0 Å². The molecule has 0 spiro atoms. The van der Waals surface area contributed by atoms with Gasteiger partial charge in [-0.2, -0.15) is 0 Å². The Labute approximate surface area is 116 Å². The summed E-state index contributed by atoms with van der Waals surface area (Å²) < 4.78 is 0. The average Bonchev–Trinajstić information content (AvgIpc) is 2.46. The number of nitrogens with one attached hydrogen (secondary N) is 1. The Hall–Kier alpha value is -1.86. The SMILES string of the molecule is C=C(CNC(C)c1ccc(C)cc1)c1ccccc1. The van der Waals surface area contributed by atoms with Gasteiger partial charge in [-0.25, -0.2) is 0 Å². The van der Waals surface area contributed by atoms with Crippen molar-refractivity contribution in [3.63, 3.8) is 0 Å². The van der Waals surface area contributed by atoms with Gasteiger partial charge in [-0.3, -0.25) is 0 Å². The molecule has 1 unspecified atom stereocenters. The summed E-state index contributed by atoms with van der Waals surface area (Å²) in [7, 11) is 0. The summed E-state index contributed by atoms with van der Waals surface area (Å²) in [6, 6.07) is 19.3. The fourth-order valence-corrected chi connectivity index (χ4v) is 2.03. The first-order chi connectivity index (χ1) is 9.16. The van der Waals surface area contributed by atoms with Crippen molar-refractivity contribution in [2.75, 3.05) is 6.54 Å². The van der Waals surface area contributed by atoms with Crippen LogP contribution >= 0.6 is 0 Å². The van der Waals surface area contributed by atoms with Gasteiger partial charge >= 0.3 is 0 Å². The molecule has 0 saturated carbocycles. The Morgan fingerprint density at radius 2 is 1.68 bits per heavy atom. The van der Waals surface area contributed by atoms with Crippen LogP contribution in [0.4, 0.5) is 0 Å². The molecular weight excluding hydrogens is 230 g/mol. The van der Waals surface area contributed by atoms with Gasteiger partial charge in [0.1, 0.15) is 0 Å². The van der Waals surface area contributed by atoms with E-state index in [4.69, 9.17) is 0 Å². The third-order valence-electron chi connectivity index (χ3n) is 3.38. The molecule has 0 aromatic heterocycles. The van der Waals surface area contributed by atoms with E-state index in [0.29, 0.717) is 6.04 Å². The zero-order chi connectivity index (χ0) is 13.7. The van der Waals surface area contributed by atoms with Gasteiger partial charge in [0.05, 0.1) is 0 Å². The van der Waals surface area contributed by atoms with Crippen molar-refractivity contribution in [1.29, 1.82) is 0 Å². The van der Waals surface area contributed by atoms with Crippen LogP contribution < -0.4 is 5.32 Å². The highest BCUT2D eigenvalue weighted by Crippen LogP contribution is 2.15. The summed E-state index contributed by atoms with van der Waals surface area (Å²) in [6.45, 7) is 9.24. The van der Waals surface area contributed by atoms with Crippen molar-refractivity contribution in [2.45, 2.75) is 19.9 Å². The van der Waals surface area contributed by atoms with Crippen LogP contribution in [0.3, 0.4) is 0 Å². The Balaban J connectivity index is 1.92. The first kappa shape index (κ1) is 13.6. The monoisotopic (exact) mass is 251 g/mol. The number of hydrogen-bond acceptors (Lipinski definition) is 1. The zero-order valence-corrected chi connectivity index (χ0v) is 11.7. The van der Waals surface area contributed by atoms with Crippen LogP contribution in [0.25, 0.3) is 5.57 Å². The fourth-order valence-electron chi connectivity index (χ4n) is 2.03. The van der Waals surface area contributed by atoms with Crippen LogP contribution in [-0.4, -0.2) is 6.54 Å². The second kappa shape index (κ2) is 6.35. The van der Waals surface area contributed by atoms with E-state index in [-0.39, 0.29) is 0 Å². The minimum Gasteiger partial charge on any atom is -0.306 e. The fraction of sp³-hybridized carbons (Fsp3) is 0.222. The maximum Gasteiger partial charge on any atom is 0.0294 e. The highest BCUT2D eigenvalue weighted by molar-refractivity contribution is 5.64. The lowest BCUT2D eigenvalue weighted by molar-refractivity contribution is 0.622. The molecule has 1 atom stereocenters. The third kappa shape index (κ3) is 3.80. The largest absolute Gasteiger partial charge is 0.306 e. The van der Waals surface area contributed by atoms with E-state index in [9.17, 15) is 0 Å². The molecule has 1 N–H and O–H groups in total. The molecule has 0 bridgehead atoms. The van der Waals surface area contributed by atoms with Crippen LogP contribution in [0.15, 0.2) is 61.2 Å². The molecular formula is C18H21N. The Bertz CT molecular complexity index is 525. The zero-order valence-electron chi connectivity index (χ0n) is 11.7. The average molecular weight is 251 g/mol. The van der Waals surface area contributed by atoms with Crippen molar-refractivity contribution < 1.29 is 0 Å². The molecule has 2 aromatic rings. The van der Waals surface area contributed by atoms with Crippen LogP contribution in [0.1, 0.15) is 29.7 Å². The number of aryl methyl sites for hydroxylation is 1. The van der Waals surface area contributed by atoms with Crippen molar-refractivity contribution in [1.82, 2.24) is 5.32 Å². The minimum atomic E-state index is 0.334. The predicted octanol–water partition coefficient (Wildman–Crippen LogP) is 4.36. The molecule has 2 aromatic carbocycles. The highest BCUT2D eigenvalue weighted by atomic mass is 14.9. The standard InChI is InChI=1S/C18H21N/c1-14-9-11-18(12-10-14)16(3)19-13-15(2)17-7-5-4-6-8-17/h4-12,16,19H,2,13H2,1,3H3. The van der Waals surface area contributed by atoms with E-state index in [1.165, 1.54) is 16.7 Å². The van der Waals surface area contributed by atoms with Crippen LogP contribution in [0.2, 0.25) is 0 Å². The predicted molar refractivity (Wildman–Crippen MR) is 83.1 cm³/mol. The highest BCUT2D eigenvalue weighted by Gasteiger charge is 2.05. The molecule has 0 aliphatic rings. The second-order valence-electron chi connectivity index (χ2n) is 4.98. The van der Waals surface area contributed by atoms with E-state index in [1.807, 2.05) is 18.2 Å². The molecule has 1 heteroatoms. The van der Waals surface area contributed by atoms with E-state index in [0.717, 1.165) is 12.1 Å². The summed E-state index contributed by atoms with van der Waals surface area (Å²) in [5.74, 6) is 0. The molecule has 0 saturated heterocycles. The van der Waals surface area contributed by atoms with E-state index in [2.05, 4.69) is 62.1 Å². The molecule has 98 valence electrons. The van der Waals surface area contributed by atoms with Gasteiger partial charge in [0.25, 0.3) is 0 Å². The van der Waals surface area contributed by atoms with Crippen molar-refractivity contribution in [3.8, 4) is 0 Å². The molecule has 19 heavy (non-hydrogen) atoms.